The van der Waals surface area contributed by atoms with Gasteiger partial charge >= 0.3 is 6.09 Å². The number of aromatic nitrogens is 1. The summed E-state index contributed by atoms with van der Waals surface area (Å²) in [5.74, 6) is 0. The van der Waals surface area contributed by atoms with Crippen LogP contribution < -0.4 is 5.32 Å². The molecule has 15 heavy (non-hydrogen) atoms. The molecule has 0 aliphatic rings. The number of carbonyl (C=O) groups is 1. The van der Waals surface area contributed by atoms with Crippen LogP contribution in [0.25, 0.3) is 0 Å². The molecule has 1 rings (SSSR count). The van der Waals surface area contributed by atoms with E-state index in [2.05, 4.69) is 15.0 Å². The Morgan fingerprint density at radius 2 is 2.53 bits per heavy atom. The maximum Gasteiger partial charge on any atom is 0.407 e. The fourth-order valence-electron chi connectivity index (χ4n) is 1.05. The van der Waals surface area contributed by atoms with Crippen LogP contribution in [0.5, 0.6) is 0 Å². The Morgan fingerprint density at radius 3 is 3.13 bits per heavy atom. The molecule has 1 atom stereocenters. The molecule has 0 aliphatic heterocycles. The molecule has 5 nitrogen and oxygen atoms in total. The zero-order valence-electron chi connectivity index (χ0n) is 8.51. The summed E-state index contributed by atoms with van der Waals surface area (Å²) in [6.07, 6.45) is 1.88. The predicted molar refractivity (Wildman–Crippen MR) is 54.2 cm³/mol. The average molecular weight is 210 g/mol. The van der Waals surface area contributed by atoms with E-state index in [0.29, 0.717) is 12.2 Å². The number of carbonyl (C=O) groups excluding carboxylic acids is 1. The van der Waals surface area contributed by atoms with E-state index in [0.717, 1.165) is 0 Å². The Bertz CT molecular complexity index is 303. The quantitative estimate of drug-likeness (QED) is 0.773. The van der Waals surface area contributed by atoms with Gasteiger partial charge in [-0.25, -0.2) is 4.79 Å². The van der Waals surface area contributed by atoms with Crippen molar-refractivity contribution in [1.29, 1.82) is 0 Å². The summed E-state index contributed by atoms with van der Waals surface area (Å²) >= 11 is 0. The third-order valence-electron chi connectivity index (χ3n) is 1.78. The Morgan fingerprint density at radius 1 is 1.73 bits per heavy atom. The molecular weight excluding hydrogens is 196 g/mol. The smallest absolute Gasteiger partial charge is 0.407 e. The summed E-state index contributed by atoms with van der Waals surface area (Å²) in [6, 6.07) is 3.47. The summed E-state index contributed by atoms with van der Waals surface area (Å²) < 4.78 is 4.65. The monoisotopic (exact) mass is 210 g/mol. The van der Waals surface area contributed by atoms with Crippen LogP contribution in [-0.2, 0) is 4.74 Å². The summed E-state index contributed by atoms with van der Waals surface area (Å²) in [6.45, 7) is 2.15. The molecule has 0 radical (unpaired) electrons. The summed E-state index contributed by atoms with van der Waals surface area (Å²) in [5, 5.41) is 12.1. The van der Waals surface area contributed by atoms with Gasteiger partial charge in [0.05, 0.1) is 19.3 Å². The molecule has 1 amide bonds. The van der Waals surface area contributed by atoms with Gasteiger partial charge in [0.15, 0.2) is 0 Å². The van der Waals surface area contributed by atoms with E-state index in [4.69, 9.17) is 0 Å². The minimum atomic E-state index is -0.761. The van der Waals surface area contributed by atoms with E-state index >= 15 is 0 Å². The second-order valence-corrected chi connectivity index (χ2v) is 2.90. The van der Waals surface area contributed by atoms with Crippen molar-refractivity contribution in [3.63, 3.8) is 0 Å². The average Bonchev–Trinajstić information content (AvgIpc) is 2.27. The lowest BCUT2D eigenvalue weighted by Crippen LogP contribution is -2.28. The van der Waals surface area contributed by atoms with Gasteiger partial charge in [0.2, 0.25) is 0 Å². The van der Waals surface area contributed by atoms with Crippen molar-refractivity contribution >= 4 is 6.09 Å². The molecular formula is C10H14N2O3. The van der Waals surface area contributed by atoms with Gasteiger partial charge in [-0.1, -0.05) is 6.07 Å². The molecule has 0 aromatic carbocycles. The first-order valence-corrected chi connectivity index (χ1v) is 4.72. The van der Waals surface area contributed by atoms with Crippen molar-refractivity contribution in [2.24, 2.45) is 0 Å². The number of amides is 1. The molecule has 2 N–H and O–H groups in total. The van der Waals surface area contributed by atoms with Crippen molar-refractivity contribution in [1.82, 2.24) is 10.3 Å². The van der Waals surface area contributed by atoms with Crippen LogP contribution in [0.1, 0.15) is 18.6 Å². The van der Waals surface area contributed by atoms with Crippen molar-refractivity contribution in [2.75, 3.05) is 13.2 Å². The first kappa shape index (κ1) is 11.5. The second kappa shape index (κ2) is 5.98. The van der Waals surface area contributed by atoms with Crippen LogP contribution in [0.3, 0.4) is 0 Å². The third kappa shape index (κ3) is 3.95. The van der Waals surface area contributed by atoms with E-state index in [9.17, 15) is 9.90 Å². The molecule has 0 saturated heterocycles. The third-order valence-corrected chi connectivity index (χ3v) is 1.78. The number of nitrogens with zero attached hydrogens (tertiary/aromatic N) is 1. The van der Waals surface area contributed by atoms with Gasteiger partial charge < -0.3 is 15.2 Å². The SMILES string of the molecule is CCOC(=O)NC[C@H](O)c1cccnc1. The molecule has 1 heterocycles. The van der Waals surface area contributed by atoms with Crippen LogP contribution in [0.2, 0.25) is 0 Å². The minimum absolute atomic E-state index is 0.116. The number of hydrogen-bond donors (Lipinski definition) is 2. The fourth-order valence-corrected chi connectivity index (χ4v) is 1.05. The highest BCUT2D eigenvalue weighted by Gasteiger charge is 2.09. The number of rotatable bonds is 4. The maximum atomic E-state index is 10.9. The van der Waals surface area contributed by atoms with Crippen LogP contribution >= 0.6 is 0 Å². The normalized spacial score (nSPS) is 11.9. The van der Waals surface area contributed by atoms with Crippen molar-refractivity contribution in [2.45, 2.75) is 13.0 Å². The second-order valence-electron chi connectivity index (χ2n) is 2.90. The van der Waals surface area contributed by atoms with E-state index in [1.807, 2.05) is 0 Å². The Balaban J connectivity index is 2.37. The molecule has 82 valence electrons. The molecule has 1 aromatic rings. The molecule has 1 aromatic heterocycles. The molecule has 5 heteroatoms. The van der Waals surface area contributed by atoms with Crippen LogP contribution in [0, 0.1) is 0 Å². The topological polar surface area (TPSA) is 71.5 Å². The van der Waals surface area contributed by atoms with Crippen molar-refractivity contribution < 1.29 is 14.6 Å². The molecule has 0 spiro atoms. The highest BCUT2D eigenvalue weighted by Crippen LogP contribution is 2.08. The van der Waals surface area contributed by atoms with Crippen molar-refractivity contribution in [3.8, 4) is 0 Å². The summed E-state index contributed by atoms with van der Waals surface area (Å²) in [4.78, 5) is 14.8. The molecule has 0 bridgehead atoms. The number of aliphatic hydroxyl groups is 1. The predicted octanol–water partition coefficient (Wildman–Crippen LogP) is 0.861. The first-order valence-electron chi connectivity index (χ1n) is 4.72. The number of nitrogens with one attached hydrogen (secondary N) is 1. The number of aliphatic hydroxyl groups excluding tert-OH is 1. The van der Waals surface area contributed by atoms with E-state index in [1.165, 1.54) is 0 Å². The lowest BCUT2D eigenvalue weighted by molar-refractivity contribution is 0.135. The highest BCUT2D eigenvalue weighted by molar-refractivity contribution is 5.67. The summed E-state index contributed by atoms with van der Waals surface area (Å²) in [5.41, 5.74) is 0.661. The minimum Gasteiger partial charge on any atom is -0.450 e. The molecule has 0 unspecified atom stereocenters. The maximum absolute atomic E-state index is 10.9. The Hall–Kier alpha value is -1.62. The lowest BCUT2D eigenvalue weighted by Gasteiger charge is -2.11. The lowest BCUT2D eigenvalue weighted by atomic mass is 10.2. The zero-order chi connectivity index (χ0) is 11.1. The van der Waals surface area contributed by atoms with E-state index in [-0.39, 0.29) is 6.54 Å². The molecule has 0 saturated carbocycles. The Labute approximate surface area is 88.1 Å². The van der Waals surface area contributed by atoms with Gasteiger partial charge in [-0.15, -0.1) is 0 Å². The van der Waals surface area contributed by atoms with Gasteiger partial charge in [0.1, 0.15) is 0 Å². The first-order chi connectivity index (χ1) is 7.24. The van der Waals surface area contributed by atoms with Gasteiger partial charge in [-0.3, -0.25) is 4.98 Å². The number of alkyl carbamates (subject to hydrolysis) is 1. The van der Waals surface area contributed by atoms with E-state index < -0.39 is 12.2 Å². The van der Waals surface area contributed by atoms with Gasteiger partial charge in [0.25, 0.3) is 0 Å². The van der Waals surface area contributed by atoms with Gasteiger partial charge in [-0.05, 0) is 13.0 Å². The van der Waals surface area contributed by atoms with Crippen molar-refractivity contribution in [3.05, 3.63) is 30.1 Å². The van der Waals surface area contributed by atoms with Gasteiger partial charge in [0, 0.05) is 18.0 Å². The van der Waals surface area contributed by atoms with Crippen LogP contribution in [-0.4, -0.2) is 29.3 Å². The fraction of sp³-hybridized carbons (Fsp3) is 0.400. The highest BCUT2D eigenvalue weighted by atomic mass is 16.5. The Kier molecular flexibility index (Phi) is 4.56. The summed E-state index contributed by atoms with van der Waals surface area (Å²) in [7, 11) is 0. The van der Waals surface area contributed by atoms with Crippen LogP contribution in [0.4, 0.5) is 4.79 Å². The van der Waals surface area contributed by atoms with Crippen LogP contribution in [0.15, 0.2) is 24.5 Å². The number of pyridine rings is 1. The zero-order valence-corrected chi connectivity index (χ0v) is 8.51. The number of hydrogen-bond acceptors (Lipinski definition) is 4. The van der Waals surface area contributed by atoms with Gasteiger partial charge in [-0.2, -0.15) is 0 Å². The standard InChI is InChI=1S/C10H14N2O3/c1-2-15-10(14)12-7-9(13)8-4-3-5-11-6-8/h3-6,9,13H,2,7H2,1H3,(H,12,14)/t9-/m0/s1. The molecule has 0 fully saturated rings. The largest absolute Gasteiger partial charge is 0.450 e. The number of ether oxygens (including phenoxy) is 1. The molecule has 0 aliphatic carbocycles. The van der Waals surface area contributed by atoms with E-state index in [1.54, 1.807) is 31.5 Å².